The third-order valence-corrected chi connectivity index (χ3v) is 5.59. The summed E-state index contributed by atoms with van der Waals surface area (Å²) in [5.41, 5.74) is 3.45. The van der Waals surface area contributed by atoms with Gasteiger partial charge < -0.3 is 5.32 Å². The Kier molecular flexibility index (Phi) is 3.85. The number of rotatable bonds is 3. The third-order valence-electron chi connectivity index (χ3n) is 4.12. The van der Waals surface area contributed by atoms with Crippen molar-refractivity contribution in [3.63, 3.8) is 0 Å². The summed E-state index contributed by atoms with van der Waals surface area (Å²) < 4.78 is 22.7. The van der Waals surface area contributed by atoms with Crippen LogP contribution in [0.3, 0.4) is 0 Å². The average molecular weight is 305 g/mol. The molecular formula is C16H19NO3S. The van der Waals surface area contributed by atoms with Gasteiger partial charge in [0.1, 0.15) is 0 Å². The fourth-order valence-electron chi connectivity index (χ4n) is 3.11. The Labute approximate surface area is 125 Å². The SMILES string of the molecule is O=C(CC1C=CS(=O)(=O)C1)Nc1cccc2c1CCCC2. The van der Waals surface area contributed by atoms with E-state index in [1.807, 2.05) is 12.1 Å². The Bertz CT molecular complexity index is 691. The molecule has 1 aliphatic carbocycles. The number of aryl methyl sites for hydroxylation is 1. The van der Waals surface area contributed by atoms with Crippen LogP contribution in [0, 0.1) is 5.92 Å². The van der Waals surface area contributed by atoms with Crippen LogP contribution in [0.1, 0.15) is 30.4 Å². The molecule has 0 fully saturated rings. The van der Waals surface area contributed by atoms with E-state index in [2.05, 4.69) is 11.4 Å². The first-order chi connectivity index (χ1) is 10.0. The highest BCUT2D eigenvalue weighted by atomic mass is 32.2. The largest absolute Gasteiger partial charge is 0.326 e. The molecular weight excluding hydrogens is 286 g/mol. The summed E-state index contributed by atoms with van der Waals surface area (Å²) in [6.07, 6.45) is 6.28. The van der Waals surface area contributed by atoms with Crippen LogP contribution in [0.5, 0.6) is 0 Å². The topological polar surface area (TPSA) is 63.2 Å². The maximum atomic E-state index is 12.1. The van der Waals surface area contributed by atoms with Crippen molar-refractivity contribution in [3.8, 4) is 0 Å². The minimum absolute atomic E-state index is 0.0489. The summed E-state index contributed by atoms with van der Waals surface area (Å²) in [5, 5.41) is 4.17. The van der Waals surface area contributed by atoms with E-state index in [0.29, 0.717) is 0 Å². The molecule has 112 valence electrons. The van der Waals surface area contributed by atoms with Crippen molar-refractivity contribution in [2.24, 2.45) is 5.92 Å². The lowest BCUT2D eigenvalue weighted by Gasteiger charge is -2.20. The molecule has 1 aromatic rings. The number of fused-ring (bicyclic) bond motifs is 1. The quantitative estimate of drug-likeness (QED) is 0.933. The zero-order chi connectivity index (χ0) is 14.9. The highest BCUT2D eigenvalue weighted by Crippen LogP contribution is 2.28. The van der Waals surface area contributed by atoms with E-state index in [9.17, 15) is 13.2 Å². The smallest absolute Gasteiger partial charge is 0.225 e. The molecule has 1 heterocycles. The summed E-state index contributed by atoms with van der Waals surface area (Å²) in [4.78, 5) is 12.1. The molecule has 0 radical (unpaired) electrons. The lowest BCUT2D eigenvalue weighted by atomic mass is 9.90. The first-order valence-electron chi connectivity index (χ1n) is 7.35. The normalized spacial score (nSPS) is 22.8. The van der Waals surface area contributed by atoms with E-state index in [-0.39, 0.29) is 24.0 Å². The van der Waals surface area contributed by atoms with Crippen LogP contribution in [0.15, 0.2) is 29.7 Å². The second-order valence-corrected chi connectivity index (χ2v) is 7.75. The number of hydrogen-bond donors (Lipinski definition) is 1. The number of benzene rings is 1. The van der Waals surface area contributed by atoms with Crippen LogP contribution in [0.25, 0.3) is 0 Å². The molecule has 0 aromatic heterocycles. The van der Waals surface area contributed by atoms with E-state index in [1.165, 1.54) is 23.0 Å². The third kappa shape index (κ3) is 3.35. The Morgan fingerprint density at radius 2 is 2.05 bits per heavy atom. The molecule has 2 aliphatic rings. The number of carbonyl (C=O) groups is 1. The van der Waals surface area contributed by atoms with Gasteiger partial charge >= 0.3 is 0 Å². The zero-order valence-electron chi connectivity index (χ0n) is 11.8. The number of allylic oxidation sites excluding steroid dienone is 1. The molecule has 3 rings (SSSR count). The Hall–Kier alpha value is -1.62. The van der Waals surface area contributed by atoms with Crippen molar-refractivity contribution in [1.29, 1.82) is 0 Å². The highest BCUT2D eigenvalue weighted by molar-refractivity contribution is 7.94. The lowest BCUT2D eigenvalue weighted by molar-refractivity contribution is -0.116. The molecule has 21 heavy (non-hydrogen) atoms. The van der Waals surface area contributed by atoms with Crippen LogP contribution in [-0.2, 0) is 27.5 Å². The monoisotopic (exact) mass is 305 g/mol. The van der Waals surface area contributed by atoms with Gasteiger partial charge in [0, 0.05) is 23.4 Å². The molecule has 0 saturated heterocycles. The summed E-state index contributed by atoms with van der Waals surface area (Å²) in [6, 6.07) is 6.03. The summed E-state index contributed by atoms with van der Waals surface area (Å²) in [7, 11) is -3.09. The second-order valence-electron chi connectivity index (χ2n) is 5.82. The molecule has 5 heteroatoms. The maximum absolute atomic E-state index is 12.1. The van der Waals surface area contributed by atoms with Crippen molar-refractivity contribution >= 4 is 21.4 Å². The number of amides is 1. The molecule has 1 N–H and O–H groups in total. The molecule has 4 nitrogen and oxygen atoms in total. The van der Waals surface area contributed by atoms with Gasteiger partial charge in [-0.05, 0) is 42.9 Å². The lowest BCUT2D eigenvalue weighted by Crippen LogP contribution is -2.19. The minimum atomic E-state index is -3.09. The minimum Gasteiger partial charge on any atom is -0.326 e. The van der Waals surface area contributed by atoms with E-state index in [4.69, 9.17) is 0 Å². The molecule has 1 aromatic carbocycles. The van der Waals surface area contributed by atoms with Gasteiger partial charge in [-0.1, -0.05) is 18.2 Å². The first kappa shape index (κ1) is 14.3. The van der Waals surface area contributed by atoms with Gasteiger partial charge in [-0.15, -0.1) is 0 Å². The van der Waals surface area contributed by atoms with Gasteiger partial charge in [0.05, 0.1) is 5.75 Å². The van der Waals surface area contributed by atoms with Crippen LogP contribution in [0.4, 0.5) is 5.69 Å². The van der Waals surface area contributed by atoms with E-state index in [0.717, 1.165) is 24.9 Å². The van der Waals surface area contributed by atoms with Crippen molar-refractivity contribution in [2.75, 3.05) is 11.1 Å². The van der Waals surface area contributed by atoms with Crippen molar-refractivity contribution < 1.29 is 13.2 Å². The van der Waals surface area contributed by atoms with Crippen LogP contribution >= 0.6 is 0 Å². The second kappa shape index (κ2) is 5.64. The van der Waals surface area contributed by atoms with Gasteiger partial charge in [-0.3, -0.25) is 4.79 Å². The van der Waals surface area contributed by atoms with Crippen molar-refractivity contribution in [2.45, 2.75) is 32.1 Å². The maximum Gasteiger partial charge on any atom is 0.225 e. The number of carbonyl (C=O) groups excluding carboxylic acids is 1. The fraction of sp³-hybridized carbons (Fsp3) is 0.438. The number of sulfone groups is 1. The van der Waals surface area contributed by atoms with E-state index >= 15 is 0 Å². The van der Waals surface area contributed by atoms with E-state index < -0.39 is 9.84 Å². The molecule has 1 atom stereocenters. The Morgan fingerprint density at radius 1 is 1.24 bits per heavy atom. The molecule has 1 unspecified atom stereocenters. The van der Waals surface area contributed by atoms with E-state index in [1.54, 1.807) is 6.08 Å². The standard InChI is InChI=1S/C16H19NO3S/c18-16(10-12-8-9-21(19,20)11-12)17-15-7-3-5-13-4-1-2-6-14(13)15/h3,5,7-9,12H,1-2,4,6,10-11H2,(H,17,18). The van der Waals surface area contributed by atoms with Crippen molar-refractivity contribution in [1.82, 2.24) is 0 Å². The number of anilines is 1. The highest BCUT2D eigenvalue weighted by Gasteiger charge is 2.24. The van der Waals surface area contributed by atoms with Crippen LogP contribution in [-0.4, -0.2) is 20.1 Å². The molecule has 0 bridgehead atoms. The molecule has 1 amide bonds. The predicted molar refractivity (Wildman–Crippen MR) is 82.7 cm³/mol. The molecule has 0 saturated carbocycles. The van der Waals surface area contributed by atoms with Gasteiger partial charge in [0.15, 0.2) is 9.84 Å². The summed E-state index contributed by atoms with van der Waals surface area (Å²) >= 11 is 0. The van der Waals surface area contributed by atoms with Gasteiger partial charge in [-0.2, -0.15) is 0 Å². The number of nitrogens with one attached hydrogen (secondary N) is 1. The zero-order valence-corrected chi connectivity index (χ0v) is 12.7. The molecule has 1 aliphatic heterocycles. The summed E-state index contributed by atoms with van der Waals surface area (Å²) in [5.74, 6) is -0.261. The number of hydrogen-bond acceptors (Lipinski definition) is 3. The van der Waals surface area contributed by atoms with Gasteiger partial charge in [-0.25, -0.2) is 8.42 Å². The Balaban J connectivity index is 1.67. The van der Waals surface area contributed by atoms with Gasteiger partial charge in [0.2, 0.25) is 5.91 Å². The molecule has 0 spiro atoms. The fourth-order valence-corrected chi connectivity index (χ4v) is 4.50. The predicted octanol–water partition coefficient (Wildman–Crippen LogP) is 2.45. The average Bonchev–Trinajstić information content (AvgIpc) is 2.78. The van der Waals surface area contributed by atoms with Gasteiger partial charge in [0.25, 0.3) is 0 Å². The summed E-state index contributed by atoms with van der Waals surface area (Å²) in [6.45, 7) is 0. The van der Waals surface area contributed by atoms with Crippen LogP contribution < -0.4 is 5.32 Å². The Morgan fingerprint density at radius 3 is 2.81 bits per heavy atom. The van der Waals surface area contributed by atoms with Crippen LogP contribution in [0.2, 0.25) is 0 Å². The van der Waals surface area contributed by atoms with Crippen molar-refractivity contribution in [3.05, 3.63) is 40.8 Å². The first-order valence-corrected chi connectivity index (χ1v) is 9.07.